The Morgan fingerprint density at radius 3 is 2.71 bits per heavy atom. The van der Waals surface area contributed by atoms with Gasteiger partial charge in [-0.2, -0.15) is 0 Å². The summed E-state index contributed by atoms with van der Waals surface area (Å²) in [4.78, 5) is 15.5. The van der Waals surface area contributed by atoms with Crippen LogP contribution in [0, 0.1) is 0 Å². The number of fused-ring (bicyclic) bond motifs is 1. The second kappa shape index (κ2) is 3.75. The average Bonchev–Trinajstić information content (AvgIpc) is 2.72. The maximum atomic E-state index is 11.2. The third-order valence-corrected chi connectivity index (χ3v) is 2.73. The Morgan fingerprint density at radius 1 is 1.18 bits per heavy atom. The normalized spacial score (nSPS) is 10.9. The molecule has 0 amide bonds. The predicted octanol–water partition coefficient (Wildman–Crippen LogP) is 2.34. The van der Waals surface area contributed by atoms with E-state index in [9.17, 15) is 4.79 Å². The van der Waals surface area contributed by atoms with Gasteiger partial charge in [-0.1, -0.05) is 11.6 Å². The fourth-order valence-corrected chi connectivity index (χ4v) is 1.77. The Labute approximate surface area is 101 Å². The zero-order valence-electron chi connectivity index (χ0n) is 8.72. The van der Waals surface area contributed by atoms with Gasteiger partial charge in [-0.05, 0) is 24.3 Å². The summed E-state index contributed by atoms with van der Waals surface area (Å²) in [6, 6.07) is 10.3. The molecule has 4 nitrogen and oxygen atoms in total. The summed E-state index contributed by atoms with van der Waals surface area (Å²) in [5.74, 6) is 0.701. The molecule has 0 spiro atoms. The highest BCUT2D eigenvalue weighted by Crippen LogP contribution is 2.18. The van der Waals surface area contributed by atoms with E-state index in [0.29, 0.717) is 16.5 Å². The topological polar surface area (TPSA) is 50.2 Å². The standard InChI is InChI=1S/C12H8ClN3O/c13-9-3-1-8(2-4-9)12-14-11-7-10(17)5-6-16(11)15-12/h1-7H,(H,14,15). The molecule has 0 aliphatic heterocycles. The summed E-state index contributed by atoms with van der Waals surface area (Å²) in [6.07, 6.45) is 1.66. The predicted molar refractivity (Wildman–Crippen MR) is 66.3 cm³/mol. The van der Waals surface area contributed by atoms with Crippen molar-refractivity contribution in [3.8, 4) is 11.4 Å². The van der Waals surface area contributed by atoms with Crippen LogP contribution in [0.25, 0.3) is 17.0 Å². The van der Waals surface area contributed by atoms with Gasteiger partial charge in [0.15, 0.2) is 16.9 Å². The van der Waals surface area contributed by atoms with E-state index in [2.05, 4.69) is 10.1 Å². The van der Waals surface area contributed by atoms with E-state index in [-0.39, 0.29) is 5.43 Å². The van der Waals surface area contributed by atoms with E-state index in [1.54, 1.807) is 22.8 Å². The van der Waals surface area contributed by atoms with Crippen LogP contribution in [0.15, 0.2) is 47.4 Å². The van der Waals surface area contributed by atoms with E-state index >= 15 is 0 Å². The van der Waals surface area contributed by atoms with Crippen LogP contribution in [0.2, 0.25) is 5.02 Å². The zero-order valence-corrected chi connectivity index (χ0v) is 9.48. The number of hydrogen-bond acceptors (Lipinski definition) is 2. The van der Waals surface area contributed by atoms with Gasteiger partial charge < -0.3 is 0 Å². The quantitative estimate of drug-likeness (QED) is 0.715. The highest BCUT2D eigenvalue weighted by atomic mass is 35.5. The first-order valence-corrected chi connectivity index (χ1v) is 5.44. The lowest BCUT2D eigenvalue weighted by Gasteiger charge is -1.95. The number of halogens is 1. The molecule has 5 heteroatoms. The van der Waals surface area contributed by atoms with E-state index in [4.69, 9.17) is 11.6 Å². The second-order valence-corrected chi connectivity index (χ2v) is 4.11. The number of rotatable bonds is 1. The van der Waals surface area contributed by atoms with Crippen molar-refractivity contribution in [2.75, 3.05) is 0 Å². The van der Waals surface area contributed by atoms with Crippen LogP contribution < -0.4 is 5.43 Å². The van der Waals surface area contributed by atoms with Gasteiger partial charge in [0.2, 0.25) is 0 Å². The van der Waals surface area contributed by atoms with Gasteiger partial charge in [-0.15, -0.1) is 0 Å². The van der Waals surface area contributed by atoms with Crippen molar-refractivity contribution in [1.29, 1.82) is 0 Å². The molecule has 0 radical (unpaired) electrons. The molecular weight excluding hydrogens is 238 g/mol. The van der Waals surface area contributed by atoms with Gasteiger partial charge in [0.05, 0.1) is 0 Å². The van der Waals surface area contributed by atoms with E-state index in [0.717, 1.165) is 5.56 Å². The smallest absolute Gasteiger partial charge is 0.183 e. The van der Waals surface area contributed by atoms with Gasteiger partial charge >= 0.3 is 0 Å². The lowest BCUT2D eigenvalue weighted by Crippen LogP contribution is -1.98. The van der Waals surface area contributed by atoms with Crippen LogP contribution in [0.1, 0.15) is 0 Å². The Balaban J connectivity index is 2.17. The second-order valence-electron chi connectivity index (χ2n) is 3.67. The fraction of sp³-hybridized carbons (Fsp3) is 0. The van der Waals surface area contributed by atoms with Crippen LogP contribution in [-0.2, 0) is 0 Å². The Hall–Kier alpha value is -2.07. The van der Waals surface area contributed by atoms with Gasteiger partial charge in [-0.25, -0.2) is 9.50 Å². The monoisotopic (exact) mass is 245 g/mol. The summed E-state index contributed by atoms with van der Waals surface area (Å²) in [6.45, 7) is 0. The molecule has 2 aromatic heterocycles. The lowest BCUT2D eigenvalue weighted by molar-refractivity contribution is 0.963. The van der Waals surface area contributed by atoms with E-state index < -0.39 is 0 Å². The minimum Gasteiger partial charge on any atom is -0.290 e. The summed E-state index contributed by atoms with van der Waals surface area (Å²) in [5, 5.41) is 3.76. The van der Waals surface area contributed by atoms with Crippen molar-refractivity contribution in [3.05, 3.63) is 57.8 Å². The molecule has 0 bridgehead atoms. The van der Waals surface area contributed by atoms with Crippen molar-refractivity contribution in [2.45, 2.75) is 0 Å². The number of nitrogens with zero attached hydrogens (tertiary/aromatic N) is 2. The number of aromatic amines is 1. The molecule has 0 saturated carbocycles. The summed E-state index contributed by atoms with van der Waals surface area (Å²) < 4.78 is 1.70. The molecule has 3 aromatic rings. The van der Waals surface area contributed by atoms with Crippen molar-refractivity contribution >= 4 is 17.2 Å². The number of hydrogen-bond donors (Lipinski definition) is 1. The first-order chi connectivity index (χ1) is 8.22. The first-order valence-electron chi connectivity index (χ1n) is 5.07. The van der Waals surface area contributed by atoms with Crippen molar-refractivity contribution in [1.82, 2.24) is 14.6 Å². The van der Waals surface area contributed by atoms with Crippen LogP contribution in [0.3, 0.4) is 0 Å². The van der Waals surface area contributed by atoms with E-state index in [1.807, 2.05) is 12.1 Å². The van der Waals surface area contributed by atoms with Crippen LogP contribution in [0.5, 0.6) is 0 Å². The fourth-order valence-electron chi connectivity index (χ4n) is 1.64. The molecule has 0 aliphatic rings. The van der Waals surface area contributed by atoms with Crippen molar-refractivity contribution in [3.63, 3.8) is 0 Å². The molecule has 0 aliphatic carbocycles. The highest BCUT2D eigenvalue weighted by Gasteiger charge is 2.04. The molecule has 84 valence electrons. The molecule has 0 atom stereocenters. The molecule has 1 aromatic carbocycles. The molecule has 1 N–H and O–H groups in total. The third kappa shape index (κ3) is 1.83. The maximum absolute atomic E-state index is 11.2. The molecule has 3 rings (SSSR count). The number of nitrogens with one attached hydrogen (secondary N) is 1. The lowest BCUT2D eigenvalue weighted by atomic mass is 10.2. The first kappa shape index (κ1) is 10.1. The third-order valence-electron chi connectivity index (χ3n) is 2.48. The SMILES string of the molecule is O=c1ccn2[nH]c(-c3ccc(Cl)cc3)nc2c1. The highest BCUT2D eigenvalue weighted by molar-refractivity contribution is 6.30. The largest absolute Gasteiger partial charge is 0.290 e. The molecule has 0 saturated heterocycles. The van der Waals surface area contributed by atoms with Crippen LogP contribution in [0.4, 0.5) is 0 Å². The van der Waals surface area contributed by atoms with Gasteiger partial charge in [0.1, 0.15) is 0 Å². The van der Waals surface area contributed by atoms with Crippen molar-refractivity contribution < 1.29 is 0 Å². The van der Waals surface area contributed by atoms with Crippen molar-refractivity contribution in [2.24, 2.45) is 0 Å². The van der Waals surface area contributed by atoms with Crippen LogP contribution >= 0.6 is 11.6 Å². The van der Waals surface area contributed by atoms with Crippen LogP contribution in [-0.4, -0.2) is 14.6 Å². The van der Waals surface area contributed by atoms with Gasteiger partial charge in [-0.3, -0.25) is 9.89 Å². The number of benzene rings is 1. The molecule has 17 heavy (non-hydrogen) atoms. The Kier molecular flexibility index (Phi) is 2.23. The number of pyridine rings is 1. The molecular formula is C12H8ClN3O. The minimum atomic E-state index is -0.0563. The van der Waals surface area contributed by atoms with E-state index in [1.165, 1.54) is 12.1 Å². The average molecular weight is 246 g/mol. The maximum Gasteiger partial charge on any atom is 0.183 e. The van der Waals surface area contributed by atoms with Gasteiger partial charge in [0.25, 0.3) is 0 Å². The number of aromatic nitrogens is 3. The summed E-state index contributed by atoms with van der Waals surface area (Å²) in [5.41, 5.74) is 1.46. The zero-order chi connectivity index (χ0) is 11.8. The summed E-state index contributed by atoms with van der Waals surface area (Å²) in [7, 11) is 0. The minimum absolute atomic E-state index is 0.0563. The molecule has 2 heterocycles. The Bertz CT molecular complexity index is 727. The number of H-pyrrole nitrogens is 1. The Morgan fingerprint density at radius 2 is 1.94 bits per heavy atom. The molecule has 0 fully saturated rings. The molecule has 0 unspecified atom stereocenters. The summed E-state index contributed by atoms with van der Waals surface area (Å²) >= 11 is 5.82. The van der Waals surface area contributed by atoms with Gasteiger partial charge in [0, 0.05) is 28.9 Å².